The van der Waals surface area contributed by atoms with Crippen molar-refractivity contribution in [1.82, 2.24) is 20.4 Å². The number of hydrogen-bond acceptors (Lipinski definition) is 8. The number of carbonyl (C=O) groups is 2. The molecule has 2 aromatic heterocycles. The number of nitrogens with one attached hydrogen (secondary N) is 2. The Labute approximate surface area is 192 Å². The van der Waals surface area contributed by atoms with Crippen molar-refractivity contribution in [3.05, 3.63) is 46.7 Å². The highest BCUT2D eigenvalue weighted by Gasteiger charge is 2.45. The van der Waals surface area contributed by atoms with E-state index < -0.39 is 6.09 Å². The maximum absolute atomic E-state index is 13.3. The van der Waals surface area contributed by atoms with Gasteiger partial charge in [0, 0.05) is 38.2 Å². The van der Waals surface area contributed by atoms with Crippen molar-refractivity contribution in [2.45, 2.75) is 18.5 Å². The van der Waals surface area contributed by atoms with E-state index >= 15 is 0 Å². The van der Waals surface area contributed by atoms with Crippen LogP contribution in [0.3, 0.4) is 0 Å². The number of benzene rings is 1. The quantitative estimate of drug-likeness (QED) is 0.602. The number of nitrogens with zero attached hydrogens (tertiary/aromatic N) is 4. The molecular formula is C21H21FN6O4S. The molecule has 4 heterocycles. The summed E-state index contributed by atoms with van der Waals surface area (Å²) in [5.41, 5.74) is 1.61. The Morgan fingerprint density at radius 3 is 2.79 bits per heavy atom. The topological polar surface area (TPSA) is 113 Å². The molecule has 1 fully saturated rings. The second kappa shape index (κ2) is 8.35. The van der Waals surface area contributed by atoms with E-state index in [-0.39, 0.29) is 23.9 Å². The number of methoxy groups -OCH3 is 1. The van der Waals surface area contributed by atoms with Crippen LogP contribution in [0.15, 0.2) is 34.9 Å². The molecule has 0 saturated carbocycles. The van der Waals surface area contributed by atoms with Crippen molar-refractivity contribution in [1.29, 1.82) is 0 Å². The summed E-state index contributed by atoms with van der Waals surface area (Å²) >= 11 is 1.37. The molecule has 2 aliphatic rings. The molecule has 2 unspecified atom stereocenters. The molecule has 1 aromatic carbocycles. The molecule has 0 radical (unpaired) electrons. The fourth-order valence-electron chi connectivity index (χ4n) is 4.31. The van der Waals surface area contributed by atoms with Gasteiger partial charge in [0.25, 0.3) is 0 Å². The van der Waals surface area contributed by atoms with Gasteiger partial charge >= 0.3 is 12.1 Å². The molecule has 10 nitrogen and oxygen atoms in total. The zero-order valence-electron chi connectivity index (χ0n) is 17.9. The van der Waals surface area contributed by atoms with Crippen LogP contribution in [-0.4, -0.2) is 60.5 Å². The average molecular weight is 473 g/mol. The third kappa shape index (κ3) is 3.86. The Bertz CT molecular complexity index is 1200. The fourth-order valence-corrected chi connectivity index (χ4v) is 5.39. The molecular weight excluding hydrogens is 451 g/mol. The molecule has 3 amide bonds. The molecule has 12 heteroatoms. The van der Waals surface area contributed by atoms with E-state index in [9.17, 15) is 14.0 Å². The molecule has 5 rings (SSSR count). The molecule has 2 aliphatic heterocycles. The number of thiazole rings is 1. The van der Waals surface area contributed by atoms with Gasteiger partial charge in [-0.2, -0.15) is 0 Å². The van der Waals surface area contributed by atoms with E-state index in [0.717, 1.165) is 10.6 Å². The minimum absolute atomic E-state index is 0.114. The number of amides is 3. The van der Waals surface area contributed by atoms with Gasteiger partial charge in [-0.15, -0.1) is 0 Å². The third-order valence-electron chi connectivity index (χ3n) is 5.78. The summed E-state index contributed by atoms with van der Waals surface area (Å²) < 4.78 is 23.8. The number of carbonyl (C=O) groups excluding carboxylic acids is 2. The third-order valence-corrected chi connectivity index (χ3v) is 6.90. The number of hydrogen-bond donors (Lipinski definition) is 2. The summed E-state index contributed by atoms with van der Waals surface area (Å²) in [7, 11) is 2.90. The standard InChI is InChI=1S/C21H21FN6O4S/c1-23-19(29)25-20-24-14-7-13-9-27(21(30)31-2)10-15(18(14)33-20)28(13)17-8-16(32-26-17)11-3-5-12(22)6-4-11/h3-6,8,13,15H,7,9-10H2,1-2H3,(H2,23,24,25,29). The van der Waals surface area contributed by atoms with Crippen molar-refractivity contribution in [3.8, 4) is 11.3 Å². The van der Waals surface area contributed by atoms with Gasteiger partial charge in [-0.3, -0.25) is 5.32 Å². The molecule has 2 N–H and O–H groups in total. The number of halogens is 1. The van der Waals surface area contributed by atoms with Gasteiger partial charge in [-0.05, 0) is 24.3 Å². The van der Waals surface area contributed by atoms with Crippen molar-refractivity contribution in [2.24, 2.45) is 0 Å². The number of anilines is 2. The second-order valence-corrected chi connectivity index (χ2v) is 8.78. The van der Waals surface area contributed by atoms with Crippen LogP contribution in [0.2, 0.25) is 0 Å². The summed E-state index contributed by atoms with van der Waals surface area (Å²) in [5.74, 6) is 0.810. The summed E-state index contributed by atoms with van der Waals surface area (Å²) in [4.78, 5) is 33.4. The molecule has 33 heavy (non-hydrogen) atoms. The van der Waals surface area contributed by atoms with Crippen LogP contribution in [0.25, 0.3) is 11.3 Å². The molecule has 172 valence electrons. The first-order valence-electron chi connectivity index (χ1n) is 10.3. The van der Waals surface area contributed by atoms with Crippen LogP contribution >= 0.6 is 11.3 Å². The Hall–Kier alpha value is -3.67. The Morgan fingerprint density at radius 1 is 1.27 bits per heavy atom. The molecule has 2 atom stereocenters. The minimum atomic E-state index is -0.395. The lowest BCUT2D eigenvalue weighted by atomic mass is 9.93. The number of fused-ring (bicyclic) bond motifs is 4. The van der Waals surface area contributed by atoms with Crippen molar-refractivity contribution in [3.63, 3.8) is 0 Å². The summed E-state index contributed by atoms with van der Waals surface area (Å²) in [6.07, 6.45) is 0.165. The minimum Gasteiger partial charge on any atom is -0.453 e. The number of aromatic nitrogens is 2. The van der Waals surface area contributed by atoms with E-state index in [0.29, 0.717) is 41.8 Å². The van der Waals surface area contributed by atoms with Gasteiger partial charge < -0.3 is 24.4 Å². The highest BCUT2D eigenvalue weighted by atomic mass is 32.1. The van der Waals surface area contributed by atoms with Gasteiger partial charge in [-0.25, -0.2) is 19.0 Å². The number of piperazine rings is 1. The Morgan fingerprint density at radius 2 is 2.06 bits per heavy atom. The van der Waals surface area contributed by atoms with Crippen LogP contribution in [0.4, 0.5) is 24.9 Å². The van der Waals surface area contributed by atoms with E-state index in [1.54, 1.807) is 17.0 Å². The largest absolute Gasteiger partial charge is 0.453 e. The lowest BCUT2D eigenvalue weighted by Gasteiger charge is -2.48. The lowest BCUT2D eigenvalue weighted by molar-refractivity contribution is 0.104. The highest BCUT2D eigenvalue weighted by molar-refractivity contribution is 7.16. The summed E-state index contributed by atoms with van der Waals surface area (Å²) in [6.45, 7) is 0.799. The van der Waals surface area contributed by atoms with Gasteiger partial charge in [0.1, 0.15) is 5.82 Å². The van der Waals surface area contributed by atoms with Crippen LogP contribution in [-0.2, 0) is 11.2 Å². The number of ether oxygens (including phenoxy) is 1. The smallest absolute Gasteiger partial charge is 0.409 e. The van der Waals surface area contributed by atoms with Crippen LogP contribution < -0.4 is 15.5 Å². The van der Waals surface area contributed by atoms with E-state index in [1.165, 1.54) is 37.6 Å². The molecule has 0 aliphatic carbocycles. The first-order chi connectivity index (χ1) is 16.0. The van der Waals surface area contributed by atoms with E-state index in [2.05, 4.69) is 25.7 Å². The SMILES string of the molecule is CNC(=O)Nc1nc2c(s1)C1CN(C(=O)OC)CC(C2)N1c1cc(-c2ccc(F)cc2)on1. The normalized spacial score (nSPS) is 19.1. The second-order valence-electron chi connectivity index (χ2n) is 7.75. The molecule has 2 bridgehead atoms. The van der Waals surface area contributed by atoms with Gasteiger partial charge in [-0.1, -0.05) is 16.5 Å². The van der Waals surface area contributed by atoms with Crippen molar-refractivity contribution in [2.75, 3.05) is 37.5 Å². The van der Waals surface area contributed by atoms with Gasteiger partial charge in [0.15, 0.2) is 16.7 Å². The highest BCUT2D eigenvalue weighted by Crippen LogP contribution is 2.44. The molecule has 0 spiro atoms. The van der Waals surface area contributed by atoms with Crippen molar-refractivity contribution < 1.29 is 23.2 Å². The zero-order valence-corrected chi connectivity index (χ0v) is 18.7. The van der Waals surface area contributed by atoms with E-state index in [1.807, 2.05) is 6.07 Å². The van der Waals surface area contributed by atoms with Gasteiger partial charge in [0.2, 0.25) is 0 Å². The van der Waals surface area contributed by atoms with Crippen LogP contribution in [0.1, 0.15) is 16.6 Å². The fraction of sp³-hybridized carbons (Fsp3) is 0.333. The van der Waals surface area contributed by atoms with Crippen LogP contribution in [0.5, 0.6) is 0 Å². The Kier molecular flexibility index (Phi) is 5.36. The lowest BCUT2D eigenvalue weighted by Crippen LogP contribution is -2.59. The maximum atomic E-state index is 13.3. The molecule has 1 saturated heterocycles. The number of urea groups is 1. The van der Waals surface area contributed by atoms with Crippen molar-refractivity contribution >= 4 is 34.4 Å². The van der Waals surface area contributed by atoms with Gasteiger partial charge in [0.05, 0.1) is 29.8 Å². The predicted molar refractivity (Wildman–Crippen MR) is 119 cm³/mol. The zero-order chi connectivity index (χ0) is 23.1. The number of rotatable bonds is 3. The summed E-state index contributed by atoms with van der Waals surface area (Å²) in [6, 6.07) is 7.11. The molecule has 3 aromatic rings. The first kappa shape index (κ1) is 21.2. The summed E-state index contributed by atoms with van der Waals surface area (Å²) in [5, 5.41) is 10.0. The maximum Gasteiger partial charge on any atom is 0.409 e. The predicted octanol–water partition coefficient (Wildman–Crippen LogP) is 3.24. The Balaban J connectivity index is 1.50. The van der Waals surface area contributed by atoms with Crippen LogP contribution in [0, 0.1) is 5.82 Å². The monoisotopic (exact) mass is 472 g/mol. The average Bonchev–Trinajstić information content (AvgIpc) is 3.45. The van der Waals surface area contributed by atoms with E-state index in [4.69, 9.17) is 9.26 Å². The first-order valence-corrected chi connectivity index (χ1v) is 11.1.